The molecule has 0 saturated carbocycles. The monoisotopic (exact) mass is 514 g/mol. The van der Waals surface area contributed by atoms with Gasteiger partial charge in [-0.25, -0.2) is 14.0 Å². The summed E-state index contributed by atoms with van der Waals surface area (Å²) in [6, 6.07) is 8.84. The van der Waals surface area contributed by atoms with Gasteiger partial charge in [0.1, 0.15) is 38.0 Å². The van der Waals surface area contributed by atoms with Crippen LogP contribution in [0.2, 0.25) is 0 Å². The van der Waals surface area contributed by atoms with E-state index in [0.29, 0.717) is 5.56 Å². The van der Waals surface area contributed by atoms with E-state index in [9.17, 15) is 14.4 Å². The third-order valence-electron chi connectivity index (χ3n) is 4.74. The lowest BCUT2D eigenvalue weighted by atomic mass is 10.0. The van der Waals surface area contributed by atoms with Gasteiger partial charge < -0.3 is 23.7 Å². The highest BCUT2D eigenvalue weighted by Crippen LogP contribution is 2.36. The summed E-state index contributed by atoms with van der Waals surface area (Å²) >= 11 is 0. The van der Waals surface area contributed by atoms with Gasteiger partial charge in [-0.1, -0.05) is 39.1 Å². The number of carbonyl (C=O) groups excluding carboxylic acids is 3. The Morgan fingerprint density at radius 3 is 1.89 bits per heavy atom. The zero-order chi connectivity index (χ0) is 27.5. The Morgan fingerprint density at radius 2 is 1.35 bits per heavy atom. The van der Waals surface area contributed by atoms with Gasteiger partial charge in [-0.05, 0) is 37.6 Å². The van der Waals surface area contributed by atoms with Crippen LogP contribution in [0.5, 0.6) is 17.2 Å². The molecule has 0 amide bonds. The molecule has 0 spiro atoms. The number of esters is 3. The molecule has 0 heterocycles. The zero-order valence-corrected chi connectivity index (χ0v) is 21.4. The number of benzene rings is 2. The van der Waals surface area contributed by atoms with E-state index in [0.717, 1.165) is 6.07 Å². The Morgan fingerprint density at radius 1 is 0.811 bits per heavy atom. The molecule has 0 saturated heterocycles. The highest BCUT2D eigenvalue weighted by molar-refractivity contribution is 5.89. The maximum atomic E-state index is 15.1. The highest BCUT2D eigenvalue weighted by Gasteiger charge is 2.16. The molecule has 0 radical (unpaired) electrons. The Bertz CT molecular complexity index is 1150. The van der Waals surface area contributed by atoms with Crippen LogP contribution in [0.4, 0.5) is 4.39 Å². The second-order valence-electron chi connectivity index (χ2n) is 8.41. The lowest BCUT2D eigenvalue weighted by Gasteiger charge is -2.16. The molecule has 2 aromatic carbocycles. The minimum Gasteiger partial charge on any atom is -0.486 e. The lowest BCUT2D eigenvalue weighted by molar-refractivity contribution is -0.148. The van der Waals surface area contributed by atoms with E-state index in [1.807, 2.05) is 0 Å². The maximum absolute atomic E-state index is 15.1. The van der Waals surface area contributed by atoms with Crippen molar-refractivity contribution in [2.45, 2.75) is 27.7 Å². The minimum atomic E-state index is -0.598. The topological polar surface area (TPSA) is 97.4 Å². The summed E-state index contributed by atoms with van der Waals surface area (Å²) in [5.41, 5.74) is 1.19. The van der Waals surface area contributed by atoms with Crippen LogP contribution in [0.15, 0.2) is 60.7 Å². The summed E-state index contributed by atoms with van der Waals surface area (Å²) in [4.78, 5) is 34.9. The first kappa shape index (κ1) is 29.1. The van der Waals surface area contributed by atoms with E-state index < -0.39 is 17.8 Å². The van der Waals surface area contributed by atoms with Crippen LogP contribution in [-0.2, 0) is 23.9 Å². The smallest absolute Gasteiger partial charge is 0.338 e. The summed E-state index contributed by atoms with van der Waals surface area (Å²) < 4.78 is 41.7. The SMILES string of the molecule is C=C(C)C(=O)OCCOc1cc(F)c(-c2ccc(OC(=O)C(=C)C)cc2)cc1OCCOC(=O)C(C)C. The highest BCUT2D eigenvalue weighted by atomic mass is 19.1. The lowest BCUT2D eigenvalue weighted by Crippen LogP contribution is -2.17. The number of hydrogen-bond acceptors (Lipinski definition) is 8. The molecule has 0 bridgehead atoms. The van der Waals surface area contributed by atoms with Crippen molar-refractivity contribution in [3.63, 3.8) is 0 Å². The Kier molecular flexibility index (Phi) is 10.9. The standard InChI is InChI=1S/C28H31FO8/c1-17(2)26(30)35-13-11-33-24-15-22(20-7-9-21(10-8-20)37-28(32)19(5)6)23(29)16-25(24)34-12-14-36-27(31)18(3)4/h7-10,15-17H,3,5,11-14H2,1-2,4,6H3. The quantitative estimate of drug-likeness (QED) is 0.159. The zero-order valence-electron chi connectivity index (χ0n) is 21.4. The van der Waals surface area contributed by atoms with Gasteiger partial charge in [-0.2, -0.15) is 0 Å². The molecule has 0 aliphatic heterocycles. The number of hydrogen-bond donors (Lipinski definition) is 0. The number of ether oxygens (including phenoxy) is 5. The summed E-state index contributed by atoms with van der Waals surface area (Å²) in [6.07, 6.45) is 0. The molecule has 0 fully saturated rings. The Balaban J connectivity index is 2.21. The van der Waals surface area contributed by atoms with Crippen LogP contribution in [0.3, 0.4) is 0 Å². The second kappa shape index (κ2) is 13.8. The molecule has 0 aliphatic rings. The summed E-state index contributed by atoms with van der Waals surface area (Å²) in [5, 5.41) is 0. The molecule has 0 aromatic heterocycles. The normalized spacial score (nSPS) is 10.4. The minimum absolute atomic E-state index is 0.000328. The molecule has 2 aromatic rings. The van der Waals surface area contributed by atoms with E-state index in [2.05, 4.69) is 13.2 Å². The van der Waals surface area contributed by atoms with Crippen molar-refractivity contribution in [3.8, 4) is 28.4 Å². The van der Waals surface area contributed by atoms with E-state index in [1.54, 1.807) is 26.0 Å². The molecule has 198 valence electrons. The van der Waals surface area contributed by atoms with Gasteiger partial charge in [0.15, 0.2) is 11.5 Å². The fourth-order valence-electron chi connectivity index (χ4n) is 2.75. The van der Waals surface area contributed by atoms with Gasteiger partial charge in [-0.3, -0.25) is 4.79 Å². The molecule has 9 heteroatoms. The molecular weight excluding hydrogens is 483 g/mol. The van der Waals surface area contributed by atoms with Gasteiger partial charge in [0.2, 0.25) is 0 Å². The average molecular weight is 515 g/mol. The first-order chi connectivity index (χ1) is 17.5. The van der Waals surface area contributed by atoms with E-state index in [-0.39, 0.29) is 72.3 Å². The largest absolute Gasteiger partial charge is 0.486 e. The first-order valence-corrected chi connectivity index (χ1v) is 11.6. The van der Waals surface area contributed by atoms with Crippen LogP contribution in [0, 0.1) is 11.7 Å². The van der Waals surface area contributed by atoms with Crippen molar-refractivity contribution in [2.24, 2.45) is 5.92 Å². The summed E-state index contributed by atoms with van der Waals surface area (Å²) in [5.74, 6) is -1.82. The fourth-order valence-corrected chi connectivity index (χ4v) is 2.75. The third-order valence-corrected chi connectivity index (χ3v) is 4.74. The van der Waals surface area contributed by atoms with Gasteiger partial charge in [0.05, 0.1) is 5.92 Å². The molecular formula is C28H31FO8. The van der Waals surface area contributed by atoms with Crippen LogP contribution in [-0.4, -0.2) is 44.3 Å². The number of rotatable bonds is 13. The van der Waals surface area contributed by atoms with E-state index in [1.165, 1.54) is 32.0 Å². The Labute approximate surface area is 215 Å². The van der Waals surface area contributed by atoms with Crippen LogP contribution < -0.4 is 14.2 Å². The van der Waals surface area contributed by atoms with Crippen molar-refractivity contribution >= 4 is 17.9 Å². The molecule has 2 rings (SSSR count). The van der Waals surface area contributed by atoms with Gasteiger partial charge in [0, 0.05) is 22.8 Å². The summed E-state index contributed by atoms with van der Waals surface area (Å²) in [7, 11) is 0. The van der Waals surface area contributed by atoms with E-state index in [4.69, 9.17) is 23.7 Å². The van der Waals surface area contributed by atoms with Gasteiger partial charge >= 0.3 is 17.9 Å². The average Bonchev–Trinajstić information content (AvgIpc) is 2.85. The van der Waals surface area contributed by atoms with Crippen molar-refractivity contribution in [1.29, 1.82) is 0 Å². The predicted octanol–water partition coefficient (Wildman–Crippen LogP) is 5.05. The summed E-state index contributed by atoms with van der Waals surface area (Å²) in [6.45, 7) is 13.4. The molecule has 0 atom stereocenters. The predicted molar refractivity (Wildman–Crippen MR) is 135 cm³/mol. The van der Waals surface area contributed by atoms with Gasteiger partial charge in [0.25, 0.3) is 0 Å². The molecule has 0 aliphatic carbocycles. The molecule has 37 heavy (non-hydrogen) atoms. The second-order valence-corrected chi connectivity index (χ2v) is 8.41. The van der Waals surface area contributed by atoms with Crippen molar-refractivity contribution in [2.75, 3.05) is 26.4 Å². The maximum Gasteiger partial charge on any atom is 0.338 e. The van der Waals surface area contributed by atoms with E-state index >= 15 is 4.39 Å². The number of carbonyl (C=O) groups is 3. The van der Waals surface area contributed by atoms with Crippen molar-refractivity contribution in [1.82, 2.24) is 0 Å². The molecule has 8 nitrogen and oxygen atoms in total. The molecule has 0 unspecified atom stereocenters. The molecule has 0 N–H and O–H groups in total. The third kappa shape index (κ3) is 9.10. The number of halogens is 1. The van der Waals surface area contributed by atoms with Crippen LogP contribution in [0.25, 0.3) is 11.1 Å². The first-order valence-electron chi connectivity index (χ1n) is 11.6. The van der Waals surface area contributed by atoms with Crippen molar-refractivity contribution < 1.29 is 42.5 Å². The Hall–Kier alpha value is -4.14. The van der Waals surface area contributed by atoms with Crippen molar-refractivity contribution in [3.05, 3.63) is 66.5 Å². The van der Waals surface area contributed by atoms with Gasteiger partial charge in [-0.15, -0.1) is 0 Å². The van der Waals surface area contributed by atoms with Crippen LogP contribution in [0.1, 0.15) is 27.7 Å². The fraction of sp³-hybridized carbons (Fsp3) is 0.321. The van der Waals surface area contributed by atoms with Crippen LogP contribution >= 0.6 is 0 Å².